The molecule has 0 aliphatic carbocycles. The molecule has 0 saturated carbocycles. The second-order valence-corrected chi connectivity index (χ2v) is 1.14. The lowest BCUT2D eigenvalue weighted by Crippen LogP contribution is -1.94. The summed E-state index contributed by atoms with van der Waals surface area (Å²) < 4.78 is 23.0. The van der Waals surface area contributed by atoms with Crippen molar-refractivity contribution in [1.29, 1.82) is 0 Å². The van der Waals surface area contributed by atoms with Gasteiger partial charge in [0.2, 0.25) is 5.78 Å². The molecule has 3 heteroatoms. The zero-order chi connectivity index (χ0) is 6.73. The summed E-state index contributed by atoms with van der Waals surface area (Å²) in [4.78, 5) is 9.89. The van der Waals surface area contributed by atoms with E-state index >= 15 is 0 Å². The molecule has 0 aliphatic rings. The van der Waals surface area contributed by atoms with Crippen molar-refractivity contribution in [2.24, 2.45) is 0 Å². The smallest absolute Gasteiger partial charge is 0.248 e. The predicted molar refractivity (Wildman–Crippen MR) is 25.5 cm³/mol. The van der Waals surface area contributed by atoms with Crippen LogP contribution in [0.2, 0.25) is 0 Å². The van der Waals surface area contributed by atoms with Crippen LogP contribution in [-0.2, 0) is 4.79 Å². The third-order valence-electron chi connectivity index (χ3n) is 0.493. The number of halogens is 2. The van der Waals surface area contributed by atoms with Crippen molar-refractivity contribution in [2.75, 3.05) is 0 Å². The van der Waals surface area contributed by atoms with Gasteiger partial charge in [-0.1, -0.05) is 13.2 Å². The summed E-state index contributed by atoms with van der Waals surface area (Å²) in [6.45, 7) is 5.12. The number of hydrogen-bond acceptors (Lipinski definition) is 1. The summed E-state index contributed by atoms with van der Waals surface area (Å²) >= 11 is 0. The molecule has 0 radical (unpaired) electrons. The van der Waals surface area contributed by atoms with Gasteiger partial charge in [0.05, 0.1) is 0 Å². The molecule has 1 nitrogen and oxygen atoms in total. The molecule has 8 heavy (non-hydrogen) atoms. The number of hydrogen-bond donors (Lipinski definition) is 0. The topological polar surface area (TPSA) is 17.1 Å². The number of Topliss-reactive ketones (excluding diaryl/α,β-unsaturated/α-hetero) is 1. The Hall–Kier alpha value is -0.990. The molecule has 0 aromatic carbocycles. The van der Waals surface area contributed by atoms with E-state index < -0.39 is 17.4 Å². The second-order valence-electron chi connectivity index (χ2n) is 1.14. The molecule has 0 amide bonds. The van der Waals surface area contributed by atoms with Crippen LogP contribution in [0.5, 0.6) is 0 Å². The maximum absolute atomic E-state index is 11.5. The first-order valence-electron chi connectivity index (χ1n) is 1.79. The highest BCUT2D eigenvalue weighted by molar-refractivity contribution is 6.04. The largest absolute Gasteiger partial charge is 0.283 e. The molecule has 0 unspecified atom stereocenters. The van der Waals surface area contributed by atoms with E-state index in [0.717, 1.165) is 0 Å². The molecule has 0 spiro atoms. The van der Waals surface area contributed by atoms with Crippen LogP contribution < -0.4 is 0 Å². The molecule has 0 aromatic rings. The number of rotatable bonds is 2. The maximum atomic E-state index is 11.5. The second kappa shape index (κ2) is 2.35. The van der Waals surface area contributed by atoms with E-state index in [1.165, 1.54) is 0 Å². The van der Waals surface area contributed by atoms with Crippen LogP contribution in [0.15, 0.2) is 24.8 Å². The maximum Gasteiger partial charge on any atom is 0.248 e. The summed E-state index contributed by atoms with van der Waals surface area (Å²) in [5, 5.41) is 0. The number of ketones is 1. The van der Waals surface area contributed by atoms with Crippen molar-refractivity contribution in [3.63, 3.8) is 0 Å². The highest BCUT2D eigenvalue weighted by Crippen LogP contribution is 2.02. The summed E-state index contributed by atoms with van der Waals surface area (Å²) in [6.07, 6.45) is 0. The Morgan fingerprint density at radius 1 is 1.12 bits per heavy atom. The average molecular weight is 118 g/mol. The van der Waals surface area contributed by atoms with Crippen LogP contribution in [0, 0.1) is 0 Å². The third kappa shape index (κ3) is 1.64. The van der Waals surface area contributed by atoms with E-state index in [4.69, 9.17) is 0 Å². The minimum Gasteiger partial charge on any atom is -0.283 e. The van der Waals surface area contributed by atoms with Crippen LogP contribution >= 0.6 is 0 Å². The Kier molecular flexibility index (Phi) is 2.06. The fraction of sp³-hybridized carbons (Fsp3) is 0. The van der Waals surface area contributed by atoms with Crippen molar-refractivity contribution in [3.8, 4) is 0 Å². The van der Waals surface area contributed by atoms with Crippen molar-refractivity contribution in [2.45, 2.75) is 0 Å². The molecule has 0 N–H and O–H groups in total. The van der Waals surface area contributed by atoms with Gasteiger partial charge in [-0.2, -0.15) is 0 Å². The normalized spacial score (nSPS) is 8.25. The van der Waals surface area contributed by atoms with E-state index in [2.05, 4.69) is 13.2 Å². The first-order valence-corrected chi connectivity index (χ1v) is 1.79. The molecule has 0 atom stereocenters. The Balaban J connectivity index is 4.05. The third-order valence-corrected chi connectivity index (χ3v) is 0.493. The number of allylic oxidation sites excluding steroid dienone is 2. The average Bonchev–Trinajstić information content (AvgIpc) is 1.64. The van der Waals surface area contributed by atoms with Gasteiger partial charge in [0, 0.05) is 0 Å². The number of carbonyl (C=O) groups is 1. The lowest BCUT2D eigenvalue weighted by atomic mass is 10.3. The van der Waals surface area contributed by atoms with E-state index in [9.17, 15) is 13.6 Å². The molecule has 0 aliphatic heterocycles. The zero-order valence-electron chi connectivity index (χ0n) is 4.08. The van der Waals surface area contributed by atoms with Gasteiger partial charge in [-0.15, -0.1) is 0 Å². The summed E-state index contributed by atoms with van der Waals surface area (Å²) in [7, 11) is 0. The quantitative estimate of drug-likeness (QED) is 0.502. The molecule has 0 rings (SSSR count). The monoisotopic (exact) mass is 118 g/mol. The van der Waals surface area contributed by atoms with E-state index in [1.54, 1.807) is 0 Å². The predicted octanol–water partition coefficient (Wildman–Crippen LogP) is 1.52. The van der Waals surface area contributed by atoms with Gasteiger partial charge in [0.1, 0.15) is 0 Å². The van der Waals surface area contributed by atoms with Crippen LogP contribution in [0.25, 0.3) is 0 Å². The number of carbonyl (C=O) groups excluding carboxylic acids is 1. The van der Waals surface area contributed by atoms with Crippen LogP contribution in [0.4, 0.5) is 8.78 Å². The molecule has 0 heterocycles. The van der Waals surface area contributed by atoms with E-state index in [0.29, 0.717) is 0 Å². The van der Waals surface area contributed by atoms with Gasteiger partial charge >= 0.3 is 0 Å². The van der Waals surface area contributed by atoms with Gasteiger partial charge in [-0.05, 0) is 0 Å². The van der Waals surface area contributed by atoms with Crippen LogP contribution in [0.3, 0.4) is 0 Å². The summed E-state index contributed by atoms with van der Waals surface area (Å²) in [5.74, 6) is -4.01. The zero-order valence-corrected chi connectivity index (χ0v) is 4.08. The summed E-state index contributed by atoms with van der Waals surface area (Å²) in [5.41, 5.74) is 0. The molecule has 0 bridgehead atoms. The van der Waals surface area contributed by atoms with Crippen LogP contribution in [-0.4, -0.2) is 5.78 Å². The van der Waals surface area contributed by atoms with Crippen molar-refractivity contribution in [1.82, 2.24) is 0 Å². The fourth-order valence-corrected chi connectivity index (χ4v) is 0.147. The van der Waals surface area contributed by atoms with Gasteiger partial charge in [-0.3, -0.25) is 4.79 Å². The van der Waals surface area contributed by atoms with Gasteiger partial charge in [0.15, 0.2) is 11.7 Å². The standard InChI is InChI=1S/C5H4F2O/c1-3(6)5(8)4(2)7/h1-2H2. The minimum absolute atomic E-state index is 1.32. The van der Waals surface area contributed by atoms with E-state index in [1.807, 2.05) is 0 Å². The molecular formula is C5H4F2O. The lowest BCUT2D eigenvalue weighted by Gasteiger charge is -1.85. The minimum atomic E-state index is -1.37. The molecular weight excluding hydrogens is 114 g/mol. The summed E-state index contributed by atoms with van der Waals surface area (Å²) in [6, 6.07) is 0. The first-order chi connectivity index (χ1) is 3.55. The van der Waals surface area contributed by atoms with Gasteiger partial charge < -0.3 is 0 Å². The SMILES string of the molecule is C=C(F)C(=O)C(=C)F. The Morgan fingerprint density at radius 2 is 1.38 bits per heavy atom. The Morgan fingerprint density at radius 3 is 1.38 bits per heavy atom. The highest BCUT2D eigenvalue weighted by atomic mass is 19.1. The van der Waals surface area contributed by atoms with Crippen molar-refractivity contribution in [3.05, 3.63) is 24.8 Å². The van der Waals surface area contributed by atoms with Crippen molar-refractivity contribution >= 4 is 5.78 Å². The lowest BCUT2D eigenvalue weighted by molar-refractivity contribution is -0.114. The molecule has 44 valence electrons. The fourth-order valence-electron chi connectivity index (χ4n) is 0.147. The highest BCUT2D eigenvalue weighted by Gasteiger charge is 2.08. The Bertz CT molecular complexity index is 133. The molecule has 0 aromatic heterocycles. The first kappa shape index (κ1) is 7.01. The van der Waals surface area contributed by atoms with Crippen molar-refractivity contribution < 1.29 is 13.6 Å². The Labute approximate surface area is 45.3 Å². The molecule has 0 fully saturated rings. The van der Waals surface area contributed by atoms with Gasteiger partial charge in [0.25, 0.3) is 0 Å². The van der Waals surface area contributed by atoms with Crippen LogP contribution in [0.1, 0.15) is 0 Å². The van der Waals surface area contributed by atoms with E-state index in [-0.39, 0.29) is 0 Å². The molecule has 0 saturated heterocycles. The van der Waals surface area contributed by atoms with Gasteiger partial charge in [-0.25, -0.2) is 8.78 Å².